The third-order valence-electron chi connectivity index (χ3n) is 6.68. The van der Waals surface area contributed by atoms with E-state index in [9.17, 15) is 18.7 Å². The van der Waals surface area contributed by atoms with Crippen LogP contribution in [-0.2, 0) is 22.6 Å². The van der Waals surface area contributed by atoms with E-state index in [2.05, 4.69) is 5.10 Å². The van der Waals surface area contributed by atoms with Gasteiger partial charge in [0.15, 0.2) is 23.1 Å². The van der Waals surface area contributed by atoms with Crippen molar-refractivity contribution in [2.45, 2.75) is 25.6 Å². The molecule has 1 N–H and O–H groups in total. The topological polar surface area (TPSA) is 98.5 Å². The Morgan fingerprint density at radius 3 is 2.59 bits per heavy atom. The Labute approximate surface area is 238 Å². The van der Waals surface area contributed by atoms with E-state index in [-0.39, 0.29) is 38.0 Å². The Balaban J connectivity index is 1.44. The summed E-state index contributed by atoms with van der Waals surface area (Å²) in [6, 6.07) is 8.81. The van der Waals surface area contributed by atoms with Crippen LogP contribution in [0, 0.1) is 18.6 Å². The number of nitrogens with zero attached hydrogens (tertiary/aromatic N) is 4. The SMILES string of the molecule is COCC(=O)N1CCN(Cc2ccc(OCCn3cc(C)cn3)c(OC)c2)CC(O)(COc2ccc(F)c(F)c2)C1. The highest BCUT2D eigenvalue weighted by atomic mass is 19.2. The molecule has 1 aromatic heterocycles. The summed E-state index contributed by atoms with van der Waals surface area (Å²) in [5, 5.41) is 15.8. The average molecular weight is 575 g/mol. The number of aliphatic hydroxyl groups is 1. The van der Waals surface area contributed by atoms with E-state index < -0.39 is 17.2 Å². The zero-order chi connectivity index (χ0) is 29.4. The van der Waals surface area contributed by atoms with Crippen LogP contribution < -0.4 is 14.2 Å². The Hall–Kier alpha value is -3.74. The maximum absolute atomic E-state index is 13.7. The summed E-state index contributed by atoms with van der Waals surface area (Å²) in [7, 11) is 3.00. The zero-order valence-corrected chi connectivity index (χ0v) is 23.5. The minimum atomic E-state index is -1.50. The summed E-state index contributed by atoms with van der Waals surface area (Å²) in [5.41, 5.74) is 0.495. The van der Waals surface area contributed by atoms with Crippen LogP contribution in [0.4, 0.5) is 8.78 Å². The van der Waals surface area contributed by atoms with Crippen molar-refractivity contribution >= 4 is 5.91 Å². The molecule has 2 aromatic carbocycles. The molecule has 0 spiro atoms. The molecule has 0 saturated carbocycles. The second-order valence-corrected chi connectivity index (χ2v) is 10.2. The number of halogens is 2. The Kier molecular flexibility index (Phi) is 10.1. The first-order chi connectivity index (χ1) is 19.7. The molecule has 3 aromatic rings. The number of benzene rings is 2. The van der Waals surface area contributed by atoms with Gasteiger partial charge in [-0.1, -0.05) is 6.07 Å². The molecule has 0 aliphatic carbocycles. The molecule has 2 heterocycles. The number of amides is 1. The second kappa shape index (κ2) is 13.7. The summed E-state index contributed by atoms with van der Waals surface area (Å²) in [6.45, 7) is 4.06. The number of aryl methyl sites for hydroxylation is 1. The van der Waals surface area contributed by atoms with Crippen LogP contribution in [0.2, 0.25) is 0 Å². The van der Waals surface area contributed by atoms with Crippen molar-refractivity contribution in [2.24, 2.45) is 0 Å². The van der Waals surface area contributed by atoms with Crippen LogP contribution in [0.5, 0.6) is 17.2 Å². The minimum Gasteiger partial charge on any atom is -0.493 e. The van der Waals surface area contributed by atoms with Crippen molar-refractivity contribution < 1.29 is 37.6 Å². The highest BCUT2D eigenvalue weighted by Gasteiger charge is 2.37. The molecule has 12 heteroatoms. The smallest absolute Gasteiger partial charge is 0.248 e. The predicted octanol–water partition coefficient (Wildman–Crippen LogP) is 2.66. The number of methoxy groups -OCH3 is 2. The third-order valence-corrected chi connectivity index (χ3v) is 6.68. The highest BCUT2D eigenvalue weighted by Crippen LogP contribution is 2.29. The first-order valence-electron chi connectivity index (χ1n) is 13.3. The second-order valence-electron chi connectivity index (χ2n) is 10.2. The van der Waals surface area contributed by atoms with Crippen LogP contribution in [0.25, 0.3) is 0 Å². The number of aromatic nitrogens is 2. The van der Waals surface area contributed by atoms with Gasteiger partial charge >= 0.3 is 0 Å². The van der Waals surface area contributed by atoms with Crippen LogP contribution >= 0.6 is 0 Å². The van der Waals surface area contributed by atoms with Gasteiger partial charge in [0.1, 0.15) is 31.2 Å². The van der Waals surface area contributed by atoms with E-state index in [0.29, 0.717) is 44.3 Å². The van der Waals surface area contributed by atoms with Gasteiger partial charge in [-0.15, -0.1) is 0 Å². The van der Waals surface area contributed by atoms with E-state index >= 15 is 0 Å². The molecule has 1 saturated heterocycles. The normalized spacial score (nSPS) is 17.8. The van der Waals surface area contributed by atoms with Gasteiger partial charge in [0, 0.05) is 45.6 Å². The van der Waals surface area contributed by atoms with Crippen LogP contribution in [0.3, 0.4) is 0 Å². The maximum atomic E-state index is 13.7. The fourth-order valence-electron chi connectivity index (χ4n) is 4.71. The van der Waals surface area contributed by atoms with E-state index in [1.165, 1.54) is 18.1 Å². The number of ether oxygens (including phenoxy) is 4. The van der Waals surface area contributed by atoms with Gasteiger partial charge in [-0.3, -0.25) is 14.4 Å². The predicted molar refractivity (Wildman–Crippen MR) is 146 cm³/mol. The molecule has 1 aliphatic heterocycles. The lowest BCUT2D eigenvalue weighted by Gasteiger charge is -2.33. The lowest BCUT2D eigenvalue weighted by Crippen LogP contribution is -2.52. The molecule has 0 bridgehead atoms. The van der Waals surface area contributed by atoms with Crippen LogP contribution in [-0.4, -0.2) is 96.4 Å². The first kappa shape index (κ1) is 30.2. The summed E-state index contributed by atoms with van der Waals surface area (Å²) in [5.74, 6) is -1.06. The molecular weight excluding hydrogens is 538 g/mol. The number of hydrogen-bond acceptors (Lipinski definition) is 8. The van der Waals surface area contributed by atoms with Crippen molar-refractivity contribution in [1.82, 2.24) is 19.6 Å². The minimum absolute atomic E-state index is 0.0127. The van der Waals surface area contributed by atoms with Gasteiger partial charge in [0.2, 0.25) is 5.91 Å². The summed E-state index contributed by atoms with van der Waals surface area (Å²) >= 11 is 0. The van der Waals surface area contributed by atoms with Gasteiger partial charge in [0.05, 0.1) is 26.4 Å². The summed E-state index contributed by atoms with van der Waals surface area (Å²) in [6.07, 6.45) is 3.74. The van der Waals surface area contributed by atoms with Crippen molar-refractivity contribution in [3.05, 3.63) is 71.6 Å². The van der Waals surface area contributed by atoms with E-state index in [0.717, 1.165) is 23.3 Å². The number of carbonyl (C=O) groups is 1. The number of β-amino-alcohol motifs (C(OH)–C–C–N with tert-alkyl or cyclic N) is 1. The molecular formula is C29H36F2N4O6. The number of rotatable bonds is 12. The standard InChI is InChI=1S/C29H36F2N4O6/c1-21-14-32-35(15-21)10-11-40-26-7-4-22(12-27(26)39-3)16-33-8-9-34(28(36)17-38-2)19-29(37,18-33)20-41-23-5-6-24(30)25(31)13-23/h4-7,12-15,37H,8-11,16-20H2,1-3H3. The average Bonchev–Trinajstić information content (AvgIpc) is 3.28. The van der Waals surface area contributed by atoms with E-state index in [1.54, 1.807) is 13.3 Å². The van der Waals surface area contributed by atoms with Crippen LogP contribution in [0.1, 0.15) is 11.1 Å². The summed E-state index contributed by atoms with van der Waals surface area (Å²) in [4.78, 5) is 16.2. The van der Waals surface area contributed by atoms with Crippen LogP contribution in [0.15, 0.2) is 48.8 Å². The fraction of sp³-hybridized carbons (Fsp3) is 0.448. The molecule has 1 aliphatic rings. The molecule has 1 unspecified atom stereocenters. The van der Waals surface area contributed by atoms with Crippen molar-refractivity contribution in [3.63, 3.8) is 0 Å². The van der Waals surface area contributed by atoms with Crippen molar-refractivity contribution in [1.29, 1.82) is 0 Å². The number of carbonyl (C=O) groups excluding carboxylic acids is 1. The Morgan fingerprint density at radius 1 is 1.05 bits per heavy atom. The molecule has 1 fully saturated rings. The lowest BCUT2D eigenvalue weighted by atomic mass is 10.0. The fourth-order valence-corrected chi connectivity index (χ4v) is 4.71. The van der Waals surface area contributed by atoms with Crippen molar-refractivity contribution in [3.8, 4) is 17.2 Å². The van der Waals surface area contributed by atoms with Gasteiger partial charge < -0.3 is 29.0 Å². The molecule has 1 amide bonds. The largest absolute Gasteiger partial charge is 0.493 e. The zero-order valence-electron chi connectivity index (χ0n) is 23.5. The molecule has 222 valence electrons. The Morgan fingerprint density at radius 2 is 1.88 bits per heavy atom. The first-order valence-corrected chi connectivity index (χ1v) is 13.3. The Bertz CT molecular complexity index is 1320. The number of hydrogen-bond donors (Lipinski definition) is 1. The van der Waals surface area contributed by atoms with Gasteiger partial charge in [-0.2, -0.15) is 5.10 Å². The van der Waals surface area contributed by atoms with E-state index in [4.69, 9.17) is 18.9 Å². The quantitative estimate of drug-likeness (QED) is 0.353. The molecule has 4 rings (SSSR count). The third kappa shape index (κ3) is 8.38. The maximum Gasteiger partial charge on any atom is 0.248 e. The summed E-state index contributed by atoms with van der Waals surface area (Å²) < 4.78 is 51.0. The van der Waals surface area contributed by atoms with E-state index in [1.807, 2.05) is 40.9 Å². The van der Waals surface area contributed by atoms with Gasteiger partial charge in [-0.05, 0) is 42.3 Å². The lowest BCUT2D eigenvalue weighted by molar-refractivity contribution is -0.138. The molecule has 0 radical (unpaired) electrons. The molecule has 41 heavy (non-hydrogen) atoms. The highest BCUT2D eigenvalue weighted by molar-refractivity contribution is 5.77. The molecule has 10 nitrogen and oxygen atoms in total. The van der Waals surface area contributed by atoms with Gasteiger partial charge in [0.25, 0.3) is 0 Å². The van der Waals surface area contributed by atoms with Crippen molar-refractivity contribution in [2.75, 3.05) is 60.2 Å². The molecule has 1 atom stereocenters. The monoisotopic (exact) mass is 574 g/mol. The van der Waals surface area contributed by atoms with Gasteiger partial charge in [-0.25, -0.2) is 8.78 Å².